The molecule has 6 nitrogen and oxygen atoms in total. The third-order valence-corrected chi connectivity index (χ3v) is 19.3. The molecule has 0 N–H and O–H groups in total. The first-order valence-electron chi connectivity index (χ1n) is 23.4. The number of allylic oxidation sites excluding steroid dienone is 1. The van der Waals surface area contributed by atoms with E-state index in [-0.39, 0.29) is 0 Å². The molecule has 312 valence electrons. The van der Waals surface area contributed by atoms with Gasteiger partial charge in [0.05, 0.1) is 66.4 Å². The molecule has 6 aromatic heterocycles. The van der Waals surface area contributed by atoms with Crippen LogP contribution in [0.3, 0.4) is 0 Å². The summed E-state index contributed by atoms with van der Waals surface area (Å²) < 4.78 is 16.7. The molecule has 2 aliphatic heterocycles. The summed E-state index contributed by atoms with van der Waals surface area (Å²) in [4.78, 5) is 0. The van der Waals surface area contributed by atoms with Gasteiger partial charge in [0.25, 0.3) is 0 Å². The Bertz CT molecular complexity index is 4650. The smallest absolute Gasteiger partial charge is 0.102 e. The van der Waals surface area contributed by atoms with Crippen molar-refractivity contribution < 1.29 is 0 Å². The van der Waals surface area contributed by atoms with Gasteiger partial charge in [-0.2, -0.15) is 0 Å². The van der Waals surface area contributed by atoms with E-state index in [0.717, 1.165) is 12.8 Å². The lowest BCUT2D eigenvalue weighted by atomic mass is 9.99. The van der Waals surface area contributed by atoms with Crippen LogP contribution in [0.25, 0.3) is 137 Å². The van der Waals surface area contributed by atoms with Crippen LogP contribution in [0.15, 0.2) is 188 Å². The molecule has 0 unspecified atom stereocenters. The fraction of sp³-hybridized carbons (Fsp3) is 0.0333. The molecule has 0 saturated heterocycles. The van der Waals surface area contributed by atoms with E-state index < -0.39 is 10.8 Å². The number of rotatable bonds is 2. The zero-order chi connectivity index (χ0) is 43.0. The van der Waals surface area contributed by atoms with E-state index in [0.29, 0.717) is 0 Å². The van der Waals surface area contributed by atoms with E-state index in [4.69, 9.17) is 0 Å². The molecule has 8 heterocycles. The SMILES string of the molecule is C1=Cc2c(c3ccc4c5c6c(ccc7c8ccccc8n(c76)S6(n2c35)n2c3ccccc3c3ccc5c(c7c(ccc8c9ccccc9n6c87)n5-c5ccccc5)c32)n4-c2ccccc2)CC1. The van der Waals surface area contributed by atoms with Crippen LogP contribution in [-0.4, -0.2) is 25.0 Å². The highest BCUT2D eigenvalue weighted by Crippen LogP contribution is 2.69. The van der Waals surface area contributed by atoms with Gasteiger partial charge in [-0.25, -0.2) is 0 Å². The quantitative estimate of drug-likeness (QED) is 0.166. The fourth-order valence-corrected chi connectivity index (χ4v) is 17.9. The largest absolute Gasteiger partial charge is 0.309 e. The Morgan fingerprint density at radius 3 is 1.12 bits per heavy atom. The summed E-state index contributed by atoms with van der Waals surface area (Å²) in [6.45, 7) is 0. The Hall–Kier alpha value is -8.39. The highest BCUT2D eigenvalue weighted by molar-refractivity contribution is 8.29. The van der Waals surface area contributed by atoms with Crippen molar-refractivity contribution in [2.24, 2.45) is 0 Å². The molecular weight excluding hydrogens is 837 g/mol. The van der Waals surface area contributed by atoms with Gasteiger partial charge in [-0.05, 0) is 91.2 Å². The number of benzene rings is 9. The van der Waals surface area contributed by atoms with Crippen molar-refractivity contribution in [2.75, 3.05) is 0 Å². The summed E-state index contributed by atoms with van der Waals surface area (Å²) in [6.07, 6.45) is 6.92. The van der Waals surface area contributed by atoms with Crippen LogP contribution in [0.5, 0.6) is 0 Å². The lowest BCUT2D eigenvalue weighted by Gasteiger charge is -2.47. The van der Waals surface area contributed by atoms with Crippen LogP contribution in [0, 0.1) is 0 Å². The number of para-hydroxylation sites is 5. The van der Waals surface area contributed by atoms with Crippen LogP contribution < -0.4 is 0 Å². The third kappa shape index (κ3) is 3.56. The maximum atomic E-state index is 2.92. The first kappa shape index (κ1) is 34.0. The summed E-state index contributed by atoms with van der Waals surface area (Å²) in [5.41, 5.74) is 18.9. The highest BCUT2D eigenvalue weighted by Gasteiger charge is 2.48. The van der Waals surface area contributed by atoms with Crippen LogP contribution >= 0.6 is 10.8 Å². The van der Waals surface area contributed by atoms with Gasteiger partial charge < -0.3 is 9.13 Å². The molecule has 67 heavy (non-hydrogen) atoms. The first-order valence-corrected chi connectivity index (χ1v) is 24.9. The number of aromatic nitrogens is 6. The topological polar surface area (TPSA) is 29.6 Å². The monoisotopic (exact) mass is 872 g/mol. The summed E-state index contributed by atoms with van der Waals surface area (Å²) in [6, 6.07) is 69.3. The molecule has 1 aliphatic carbocycles. The van der Waals surface area contributed by atoms with Gasteiger partial charge >= 0.3 is 0 Å². The van der Waals surface area contributed by atoms with Crippen molar-refractivity contribution in [3.63, 3.8) is 0 Å². The first-order chi connectivity index (χ1) is 33.3. The van der Waals surface area contributed by atoms with E-state index in [9.17, 15) is 0 Å². The summed E-state index contributed by atoms with van der Waals surface area (Å²) in [5, 5.41) is 14.3. The fourth-order valence-electron chi connectivity index (χ4n) is 13.5. The number of hydrogen-bond donors (Lipinski definition) is 0. The molecule has 1 spiro atoms. The number of aryl methyl sites for hydroxylation is 1. The second-order valence-electron chi connectivity index (χ2n) is 18.8. The maximum absolute atomic E-state index is 2.92. The van der Waals surface area contributed by atoms with Crippen LogP contribution in [0.4, 0.5) is 0 Å². The van der Waals surface area contributed by atoms with Crippen molar-refractivity contribution in [2.45, 2.75) is 12.8 Å². The van der Waals surface area contributed by atoms with Crippen LogP contribution in [0.1, 0.15) is 17.7 Å². The van der Waals surface area contributed by atoms with E-state index in [2.05, 4.69) is 219 Å². The van der Waals surface area contributed by atoms with Gasteiger partial charge in [0, 0.05) is 70.6 Å². The number of hydrogen-bond acceptors (Lipinski definition) is 0. The predicted molar refractivity (Wildman–Crippen MR) is 283 cm³/mol. The zero-order valence-corrected chi connectivity index (χ0v) is 36.8. The molecule has 0 bridgehead atoms. The predicted octanol–water partition coefficient (Wildman–Crippen LogP) is 15.7. The van der Waals surface area contributed by atoms with Crippen LogP contribution in [0.2, 0.25) is 0 Å². The molecule has 0 fully saturated rings. The second kappa shape index (κ2) is 11.3. The Balaban J connectivity index is 1.24. The molecular formula is C60H36N6S. The van der Waals surface area contributed by atoms with Crippen molar-refractivity contribution in [1.82, 2.24) is 25.0 Å². The van der Waals surface area contributed by atoms with E-state index in [1.54, 1.807) is 0 Å². The second-order valence-corrected chi connectivity index (χ2v) is 21.2. The average molecular weight is 873 g/mol. The maximum Gasteiger partial charge on any atom is 0.102 e. The molecule has 0 radical (unpaired) electrons. The Morgan fingerprint density at radius 1 is 0.313 bits per heavy atom. The van der Waals surface area contributed by atoms with Crippen molar-refractivity contribution in [3.05, 3.63) is 199 Å². The summed E-state index contributed by atoms with van der Waals surface area (Å²) >= 11 is 0. The van der Waals surface area contributed by atoms with Gasteiger partial charge in [0.1, 0.15) is 10.8 Å². The minimum atomic E-state index is -2.75. The van der Waals surface area contributed by atoms with Gasteiger partial charge in [0.15, 0.2) is 0 Å². The normalized spacial score (nSPS) is 15.3. The molecule has 9 aromatic carbocycles. The van der Waals surface area contributed by atoms with Crippen molar-refractivity contribution in [1.29, 1.82) is 0 Å². The van der Waals surface area contributed by atoms with E-state index in [1.165, 1.54) is 143 Å². The third-order valence-electron chi connectivity index (χ3n) is 15.8. The lowest BCUT2D eigenvalue weighted by molar-refractivity contribution is 0.976. The highest BCUT2D eigenvalue weighted by atomic mass is 32.3. The van der Waals surface area contributed by atoms with E-state index in [1.807, 2.05) is 0 Å². The van der Waals surface area contributed by atoms with E-state index >= 15 is 0 Å². The molecule has 0 saturated carbocycles. The Kier molecular flexibility index (Phi) is 5.76. The molecule has 18 rings (SSSR count). The minimum Gasteiger partial charge on any atom is -0.309 e. The average Bonchev–Trinajstić information content (AvgIpc) is 4.20. The molecule has 15 aromatic rings. The molecule has 0 amide bonds. The number of nitrogens with zero attached hydrogens (tertiary/aromatic N) is 6. The molecule has 7 heteroatoms. The molecule has 3 aliphatic rings. The van der Waals surface area contributed by atoms with Crippen molar-refractivity contribution >= 4 is 137 Å². The van der Waals surface area contributed by atoms with Crippen molar-refractivity contribution in [3.8, 4) is 11.4 Å². The standard InChI is InChI=1S/C60H36N6S/c1-3-15-35(16-4-1)61-49-31-27-41-37-19-7-11-23-45(37)63-57(41)53(49)54-50(61)32-28-42-38-20-8-12-24-46(38)64(58(42)54)67(63)65-47-25-13-9-21-39(47)43-29-33-51-55(59(43)65)56-52(62(51)36-17-5-2-6-18-36)34-30-44-40-22-10-14-26-48(40)66(67)60(44)56/h1-9,11-21,23-34H,10,22H2. The summed E-state index contributed by atoms with van der Waals surface area (Å²) in [7, 11) is -2.75. The van der Waals surface area contributed by atoms with Gasteiger partial charge in [-0.1, -0.05) is 121 Å². The molecule has 0 atom stereocenters. The zero-order valence-electron chi connectivity index (χ0n) is 36.0. The van der Waals surface area contributed by atoms with Gasteiger partial charge in [-0.15, -0.1) is 0 Å². The lowest BCUT2D eigenvalue weighted by Crippen LogP contribution is -2.32. The Morgan fingerprint density at radius 2 is 0.687 bits per heavy atom. The Labute approximate surface area is 383 Å². The number of fused-ring (bicyclic) bond motifs is 16. The summed E-state index contributed by atoms with van der Waals surface area (Å²) in [5.74, 6) is 0. The minimum absolute atomic E-state index is 0.986. The van der Waals surface area contributed by atoms with Gasteiger partial charge in [-0.3, -0.25) is 15.9 Å². The van der Waals surface area contributed by atoms with Gasteiger partial charge in [0.2, 0.25) is 0 Å². The van der Waals surface area contributed by atoms with Crippen LogP contribution in [-0.2, 0) is 6.42 Å².